The Morgan fingerprint density at radius 2 is 0.952 bits per heavy atom. The van der Waals surface area contributed by atoms with Crippen LogP contribution in [0.2, 0.25) is 0 Å². The van der Waals surface area contributed by atoms with Crippen molar-refractivity contribution in [3.05, 3.63) is 9.75 Å². The minimum absolute atomic E-state index is 0.0890. The summed E-state index contributed by atoms with van der Waals surface area (Å²) in [5.74, 6) is 0. The van der Waals surface area contributed by atoms with Gasteiger partial charge >= 0.3 is 0 Å². The predicted octanol–water partition coefficient (Wildman–Crippen LogP) is 5.72. The molecule has 3 heterocycles. The Labute approximate surface area is 137 Å². The van der Waals surface area contributed by atoms with Gasteiger partial charge in [0, 0.05) is 9.75 Å². The summed E-state index contributed by atoms with van der Waals surface area (Å²) in [5.41, 5.74) is 3.80. The first-order chi connectivity index (χ1) is 9.91. The maximum Gasteiger partial charge on any atom is 0.0101 e. The van der Waals surface area contributed by atoms with E-state index in [9.17, 15) is 0 Å². The quantitative estimate of drug-likeness (QED) is 0.604. The van der Waals surface area contributed by atoms with Gasteiger partial charge in [0.1, 0.15) is 0 Å². The minimum atomic E-state index is 0.0890. The molecule has 2 aliphatic heterocycles. The molecule has 1 aromatic heterocycles. The lowest BCUT2D eigenvalue weighted by Gasteiger charge is -2.29. The van der Waals surface area contributed by atoms with Crippen LogP contribution in [-0.2, 0) is 0 Å². The van der Waals surface area contributed by atoms with Gasteiger partial charge in [0.25, 0.3) is 0 Å². The van der Waals surface area contributed by atoms with Crippen LogP contribution >= 0.6 is 27.2 Å². The van der Waals surface area contributed by atoms with Crippen LogP contribution in [0.4, 0.5) is 0 Å². The first kappa shape index (κ1) is 16.4. The zero-order valence-electron chi connectivity index (χ0n) is 14.4. The summed E-state index contributed by atoms with van der Waals surface area (Å²) in [6.07, 6.45) is 5.85. The van der Waals surface area contributed by atoms with Crippen LogP contribution in [-0.4, -0.2) is 22.6 Å². The van der Waals surface area contributed by atoms with Gasteiger partial charge in [-0.05, 0) is 72.8 Å². The molecule has 3 heteroatoms. The third-order valence-electron chi connectivity index (χ3n) is 5.62. The second-order valence-electron chi connectivity index (χ2n) is 7.28. The molecule has 4 atom stereocenters. The smallest absolute Gasteiger partial charge is 0.0101 e. The average Bonchev–Trinajstić information content (AvgIpc) is 3.00. The van der Waals surface area contributed by atoms with E-state index in [1.807, 2.05) is 10.6 Å². The Morgan fingerprint density at radius 1 is 0.667 bits per heavy atom. The highest BCUT2D eigenvalue weighted by Gasteiger charge is 2.40. The van der Waals surface area contributed by atoms with E-state index in [4.69, 9.17) is 0 Å². The molecule has 0 saturated carbocycles. The van der Waals surface area contributed by atoms with Crippen LogP contribution in [0, 0.1) is 13.8 Å². The van der Waals surface area contributed by atoms with Gasteiger partial charge in [0.05, 0.1) is 0 Å². The molecule has 0 aromatic carbocycles. The highest BCUT2D eigenvalue weighted by atomic mass is 32.1. The number of thiophene rings is 1. The number of rotatable bonds is 2. The second kappa shape index (κ2) is 6.22. The third-order valence-corrected chi connectivity index (χ3v) is 14.1. The molecular weight excluding hydrogens is 310 g/mol. The van der Waals surface area contributed by atoms with Gasteiger partial charge < -0.3 is 0 Å². The van der Waals surface area contributed by atoms with Gasteiger partial charge in [-0.15, -0.1) is 11.3 Å². The van der Waals surface area contributed by atoms with Crippen molar-refractivity contribution in [2.75, 3.05) is 0 Å². The van der Waals surface area contributed by atoms with E-state index in [0.29, 0.717) is 0 Å². The Balaban J connectivity index is 2.09. The van der Waals surface area contributed by atoms with Crippen LogP contribution in [0.1, 0.15) is 63.1 Å². The van der Waals surface area contributed by atoms with E-state index in [-0.39, 0.29) is 15.8 Å². The van der Waals surface area contributed by atoms with Crippen LogP contribution in [0.15, 0.2) is 0 Å². The Bertz CT molecular complexity index is 457. The fraction of sp³-hybridized carbons (Fsp3) is 0.778. The van der Waals surface area contributed by atoms with E-state index in [0.717, 1.165) is 22.6 Å². The first-order valence-electron chi connectivity index (χ1n) is 8.58. The Morgan fingerprint density at radius 3 is 1.24 bits per heavy atom. The highest BCUT2D eigenvalue weighted by Crippen LogP contribution is 2.60. The zero-order valence-corrected chi connectivity index (χ0v) is 17.0. The fourth-order valence-corrected chi connectivity index (χ4v) is 13.9. The lowest BCUT2D eigenvalue weighted by atomic mass is 10.2. The van der Waals surface area contributed by atoms with Gasteiger partial charge in [-0.2, -0.15) is 0 Å². The van der Waals surface area contributed by atoms with E-state index in [1.54, 1.807) is 9.75 Å². The highest BCUT2D eigenvalue weighted by molar-refractivity contribution is 7.74. The van der Waals surface area contributed by atoms with Crippen molar-refractivity contribution in [1.29, 1.82) is 0 Å². The molecule has 3 rings (SSSR count). The molecule has 0 aliphatic carbocycles. The van der Waals surface area contributed by atoms with Gasteiger partial charge in [-0.3, -0.25) is 0 Å². The maximum absolute atomic E-state index is 2.53. The molecule has 0 unspecified atom stereocenters. The van der Waals surface area contributed by atoms with Crippen molar-refractivity contribution in [3.63, 3.8) is 0 Å². The molecule has 118 valence electrons. The molecule has 0 nitrogen and oxygen atoms in total. The van der Waals surface area contributed by atoms with Crippen LogP contribution in [0.5, 0.6) is 0 Å². The lowest BCUT2D eigenvalue weighted by Crippen LogP contribution is -2.28. The van der Waals surface area contributed by atoms with Gasteiger partial charge in [-0.25, -0.2) is 0 Å². The zero-order chi connectivity index (χ0) is 15.3. The van der Waals surface area contributed by atoms with Crippen molar-refractivity contribution in [2.24, 2.45) is 0 Å². The second-order valence-corrected chi connectivity index (χ2v) is 14.8. The number of aryl methyl sites for hydroxylation is 2. The van der Waals surface area contributed by atoms with Crippen LogP contribution < -0.4 is 10.6 Å². The molecule has 2 aliphatic rings. The van der Waals surface area contributed by atoms with Gasteiger partial charge in [-0.1, -0.05) is 43.5 Å². The van der Waals surface area contributed by atoms with E-state index in [2.05, 4.69) is 52.9 Å². The molecule has 2 saturated heterocycles. The average molecular weight is 340 g/mol. The predicted molar refractivity (Wildman–Crippen MR) is 103 cm³/mol. The van der Waals surface area contributed by atoms with Crippen LogP contribution in [0.3, 0.4) is 0 Å². The van der Waals surface area contributed by atoms with E-state index >= 15 is 0 Å². The topological polar surface area (TPSA) is 0 Å². The van der Waals surface area contributed by atoms with Crippen molar-refractivity contribution in [3.8, 4) is 0 Å². The Hall–Kier alpha value is 0.560. The summed E-state index contributed by atoms with van der Waals surface area (Å²) >= 11 is 2.11. The summed E-state index contributed by atoms with van der Waals surface area (Å²) in [6.45, 7) is 14.9. The third kappa shape index (κ3) is 2.77. The maximum atomic E-state index is 2.53. The molecule has 0 bridgehead atoms. The lowest BCUT2D eigenvalue weighted by molar-refractivity contribution is 0.777. The Kier molecular flexibility index (Phi) is 4.86. The minimum Gasteiger partial charge on any atom is -0.145 e. The molecule has 21 heavy (non-hydrogen) atoms. The summed E-state index contributed by atoms with van der Waals surface area (Å²) < 4.78 is 0. The molecule has 1 aromatic rings. The standard InChI is InChI=1S/C18H30P2S/c1-11-7-8-12(2)19(11)17-15(5)21-16(6)18(17)20-13(3)9-10-14(20)4/h11-14H,7-10H2,1-6H3/t11-,12-,13-,14-/m1/s1. The molecule has 0 radical (unpaired) electrons. The van der Waals surface area contributed by atoms with Crippen LogP contribution in [0.25, 0.3) is 0 Å². The van der Waals surface area contributed by atoms with Crippen molar-refractivity contribution in [2.45, 2.75) is 89.9 Å². The molecule has 0 amide bonds. The largest absolute Gasteiger partial charge is 0.145 e. The van der Waals surface area contributed by atoms with Crippen molar-refractivity contribution in [1.82, 2.24) is 0 Å². The molecule has 2 fully saturated rings. The number of hydrogen-bond acceptors (Lipinski definition) is 1. The molecule has 0 spiro atoms. The van der Waals surface area contributed by atoms with E-state index in [1.165, 1.54) is 25.7 Å². The van der Waals surface area contributed by atoms with E-state index < -0.39 is 0 Å². The van der Waals surface area contributed by atoms with Gasteiger partial charge in [0.2, 0.25) is 0 Å². The normalized spacial score (nSPS) is 35.0. The molecule has 0 N–H and O–H groups in total. The summed E-state index contributed by atoms with van der Waals surface area (Å²) in [6, 6.07) is 0. The molecular formula is C18H30P2S. The summed E-state index contributed by atoms with van der Waals surface area (Å²) in [5, 5.41) is 3.77. The van der Waals surface area contributed by atoms with Crippen molar-refractivity contribution < 1.29 is 0 Å². The fourth-order valence-electron chi connectivity index (χ4n) is 4.54. The first-order valence-corrected chi connectivity index (χ1v) is 12.4. The van der Waals surface area contributed by atoms with Crippen molar-refractivity contribution >= 4 is 37.8 Å². The SMILES string of the molecule is Cc1sc(C)c(P2[C@H](C)CC[C@H]2C)c1P1[C@H](C)CC[C@H]1C. The summed E-state index contributed by atoms with van der Waals surface area (Å²) in [7, 11) is 0.178. The number of hydrogen-bond donors (Lipinski definition) is 0. The summed E-state index contributed by atoms with van der Waals surface area (Å²) in [4.78, 5) is 3.34. The van der Waals surface area contributed by atoms with Gasteiger partial charge in [0.15, 0.2) is 0 Å². The monoisotopic (exact) mass is 340 g/mol.